The maximum atomic E-state index is 9.31. The standard InChI is InChI=1S/C17H30N2O/c1-5-15(6-2)19(12-13-20)16-10-8-14(9-11-16)17(7-3)18-4/h8-11,15,17-18,20H,5-7,12-13H2,1-4H3. The number of nitrogens with one attached hydrogen (secondary N) is 1. The average Bonchev–Trinajstić information content (AvgIpc) is 2.49. The van der Waals surface area contributed by atoms with Crippen molar-refractivity contribution in [2.45, 2.75) is 52.1 Å². The summed E-state index contributed by atoms with van der Waals surface area (Å²) in [6, 6.07) is 9.69. The molecule has 0 aliphatic rings. The van der Waals surface area contributed by atoms with E-state index in [0.29, 0.717) is 18.6 Å². The molecule has 1 atom stereocenters. The molecule has 0 saturated carbocycles. The maximum Gasteiger partial charge on any atom is 0.0606 e. The molecule has 0 spiro atoms. The third kappa shape index (κ3) is 4.22. The molecule has 0 radical (unpaired) electrons. The van der Waals surface area contributed by atoms with E-state index in [1.54, 1.807) is 0 Å². The fourth-order valence-electron chi connectivity index (χ4n) is 2.86. The van der Waals surface area contributed by atoms with E-state index in [1.165, 1.54) is 11.3 Å². The summed E-state index contributed by atoms with van der Waals surface area (Å²) in [5, 5.41) is 12.6. The lowest BCUT2D eigenvalue weighted by Gasteiger charge is -2.32. The number of hydrogen-bond acceptors (Lipinski definition) is 3. The van der Waals surface area contributed by atoms with E-state index in [-0.39, 0.29) is 6.61 Å². The fourth-order valence-corrected chi connectivity index (χ4v) is 2.86. The van der Waals surface area contributed by atoms with Crippen LogP contribution >= 0.6 is 0 Å². The van der Waals surface area contributed by atoms with Crippen molar-refractivity contribution >= 4 is 5.69 Å². The minimum atomic E-state index is 0.201. The van der Waals surface area contributed by atoms with Crippen LogP contribution in [0.5, 0.6) is 0 Å². The number of benzene rings is 1. The van der Waals surface area contributed by atoms with Crippen molar-refractivity contribution in [3.63, 3.8) is 0 Å². The monoisotopic (exact) mass is 278 g/mol. The van der Waals surface area contributed by atoms with E-state index in [1.807, 2.05) is 7.05 Å². The van der Waals surface area contributed by atoms with Gasteiger partial charge in [0.2, 0.25) is 0 Å². The normalized spacial score (nSPS) is 12.7. The molecule has 3 heteroatoms. The van der Waals surface area contributed by atoms with E-state index < -0.39 is 0 Å². The summed E-state index contributed by atoms with van der Waals surface area (Å²) < 4.78 is 0. The minimum Gasteiger partial charge on any atom is -0.395 e. The molecule has 0 aliphatic carbocycles. The lowest BCUT2D eigenvalue weighted by atomic mass is 10.0. The second-order valence-electron chi connectivity index (χ2n) is 5.23. The zero-order valence-corrected chi connectivity index (χ0v) is 13.4. The van der Waals surface area contributed by atoms with Crippen LogP contribution in [0.2, 0.25) is 0 Å². The van der Waals surface area contributed by atoms with Gasteiger partial charge in [0.15, 0.2) is 0 Å². The number of nitrogens with zero attached hydrogens (tertiary/aromatic N) is 1. The van der Waals surface area contributed by atoms with Gasteiger partial charge in [-0.05, 0) is 44.0 Å². The molecule has 0 fully saturated rings. The summed E-state index contributed by atoms with van der Waals surface area (Å²) in [7, 11) is 2.00. The summed E-state index contributed by atoms with van der Waals surface area (Å²) in [4.78, 5) is 2.32. The van der Waals surface area contributed by atoms with Crippen molar-refractivity contribution in [1.29, 1.82) is 0 Å². The number of aliphatic hydroxyl groups excluding tert-OH is 1. The highest BCUT2D eigenvalue weighted by atomic mass is 16.3. The highest BCUT2D eigenvalue weighted by Crippen LogP contribution is 2.24. The van der Waals surface area contributed by atoms with Crippen LogP contribution in [-0.2, 0) is 0 Å². The Morgan fingerprint density at radius 3 is 2.05 bits per heavy atom. The molecular formula is C17H30N2O. The van der Waals surface area contributed by atoms with Crippen LogP contribution in [0, 0.1) is 0 Å². The molecular weight excluding hydrogens is 248 g/mol. The Bertz CT molecular complexity index is 356. The Morgan fingerprint density at radius 1 is 1.05 bits per heavy atom. The van der Waals surface area contributed by atoms with Crippen molar-refractivity contribution in [2.24, 2.45) is 0 Å². The van der Waals surface area contributed by atoms with Crippen LogP contribution in [0.3, 0.4) is 0 Å². The first-order valence-electron chi connectivity index (χ1n) is 7.86. The van der Waals surface area contributed by atoms with Gasteiger partial charge in [0, 0.05) is 24.3 Å². The van der Waals surface area contributed by atoms with Crippen LogP contribution < -0.4 is 10.2 Å². The molecule has 114 valence electrons. The lowest BCUT2D eigenvalue weighted by Crippen LogP contribution is -2.36. The highest BCUT2D eigenvalue weighted by molar-refractivity contribution is 5.49. The smallest absolute Gasteiger partial charge is 0.0606 e. The lowest BCUT2D eigenvalue weighted by molar-refractivity contribution is 0.296. The molecule has 0 amide bonds. The van der Waals surface area contributed by atoms with Crippen molar-refractivity contribution in [2.75, 3.05) is 25.1 Å². The molecule has 1 aromatic rings. The molecule has 2 N–H and O–H groups in total. The second kappa shape index (κ2) is 8.98. The Balaban J connectivity index is 2.92. The van der Waals surface area contributed by atoms with Crippen molar-refractivity contribution in [3.8, 4) is 0 Å². The van der Waals surface area contributed by atoms with E-state index in [0.717, 1.165) is 19.3 Å². The van der Waals surface area contributed by atoms with Crippen LogP contribution in [0.15, 0.2) is 24.3 Å². The SMILES string of the molecule is CCC(NC)c1ccc(N(CCO)C(CC)CC)cc1. The Labute approximate surface area is 124 Å². The number of rotatable bonds is 9. The quantitative estimate of drug-likeness (QED) is 0.727. The summed E-state index contributed by atoms with van der Waals surface area (Å²) in [5.41, 5.74) is 2.54. The van der Waals surface area contributed by atoms with Gasteiger partial charge in [-0.1, -0.05) is 32.9 Å². The van der Waals surface area contributed by atoms with E-state index in [2.05, 4.69) is 55.3 Å². The first kappa shape index (κ1) is 17.0. The second-order valence-corrected chi connectivity index (χ2v) is 5.23. The van der Waals surface area contributed by atoms with Gasteiger partial charge >= 0.3 is 0 Å². The zero-order valence-electron chi connectivity index (χ0n) is 13.4. The Hall–Kier alpha value is -1.06. The third-order valence-corrected chi connectivity index (χ3v) is 4.11. The summed E-state index contributed by atoms with van der Waals surface area (Å²) in [6.07, 6.45) is 3.29. The van der Waals surface area contributed by atoms with Gasteiger partial charge < -0.3 is 15.3 Å². The van der Waals surface area contributed by atoms with Gasteiger partial charge in [-0.15, -0.1) is 0 Å². The molecule has 0 heterocycles. The number of hydrogen-bond donors (Lipinski definition) is 2. The molecule has 0 saturated heterocycles. The molecule has 20 heavy (non-hydrogen) atoms. The molecule has 0 aliphatic heterocycles. The minimum absolute atomic E-state index is 0.201. The topological polar surface area (TPSA) is 35.5 Å². The van der Waals surface area contributed by atoms with Crippen LogP contribution in [0.25, 0.3) is 0 Å². The molecule has 0 aromatic heterocycles. The predicted molar refractivity (Wildman–Crippen MR) is 87.3 cm³/mol. The van der Waals surface area contributed by atoms with Gasteiger partial charge in [-0.2, -0.15) is 0 Å². The Kier molecular flexibility index (Phi) is 7.63. The van der Waals surface area contributed by atoms with Crippen LogP contribution in [0.4, 0.5) is 5.69 Å². The van der Waals surface area contributed by atoms with E-state index in [4.69, 9.17) is 0 Å². The van der Waals surface area contributed by atoms with Crippen LogP contribution in [0.1, 0.15) is 51.6 Å². The van der Waals surface area contributed by atoms with Gasteiger partial charge in [-0.3, -0.25) is 0 Å². The van der Waals surface area contributed by atoms with Crippen molar-refractivity contribution in [1.82, 2.24) is 5.32 Å². The van der Waals surface area contributed by atoms with Gasteiger partial charge in [0.1, 0.15) is 0 Å². The van der Waals surface area contributed by atoms with Crippen LogP contribution in [-0.4, -0.2) is 31.3 Å². The average molecular weight is 278 g/mol. The van der Waals surface area contributed by atoms with Crippen molar-refractivity contribution in [3.05, 3.63) is 29.8 Å². The first-order chi connectivity index (χ1) is 9.71. The molecule has 1 unspecified atom stereocenters. The third-order valence-electron chi connectivity index (χ3n) is 4.11. The van der Waals surface area contributed by atoms with Crippen molar-refractivity contribution < 1.29 is 5.11 Å². The molecule has 1 rings (SSSR count). The molecule has 0 bridgehead atoms. The Morgan fingerprint density at radius 2 is 1.65 bits per heavy atom. The van der Waals surface area contributed by atoms with Gasteiger partial charge in [-0.25, -0.2) is 0 Å². The fraction of sp³-hybridized carbons (Fsp3) is 0.647. The molecule has 3 nitrogen and oxygen atoms in total. The summed E-state index contributed by atoms with van der Waals surface area (Å²) in [5.74, 6) is 0. The highest BCUT2D eigenvalue weighted by Gasteiger charge is 2.15. The van der Waals surface area contributed by atoms with E-state index in [9.17, 15) is 5.11 Å². The maximum absolute atomic E-state index is 9.31. The first-order valence-corrected chi connectivity index (χ1v) is 7.86. The molecule has 1 aromatic carbocycles. The summed E-state index contributed by atoms with van der Waals surface area (Å²) in [6.45, 7) is 7.51. The van der Waals surface area contributed by atoms with E-state index >= 15 is 0 Å². The number of aliphatic hydroxyl groups is 1. The van der Waals surface area contributed by atoms with Gasteiger partial charge in [0.25, 0.3) is 0 Å². The number of anilines is 1. The predicted octanol–water partition coefficient (Wildman–Crippen LogP) is 3.34. The largest absolute Gasteiger partial charge is 0.395 e. The zero-order chi connectivity index (χ0) is 15.0. The van der Waals surface area contributed by atoms with Gasteiger partial charge in [0.05, 0.1) is 6.61 Å². The summed E-state index contributed by atoms with van der Waals surface area (Å²) >= 11 is 0.